The molecule has 0 spiro atoms. The van der Waals surface area contributed by atoms with Crippen LogP contribution < -0.4 is 20.3 Å². The topological polar surface area (TPSA) is 102 Å². The van der Waals surface area contributed by atoms with Gasteiger partial charge in [0, 0.05) is 43.9 Å². The van der Waals surface area contributed by atoms with Gasteiger partial charge in [0.25, 0.3) is 5.91 Å². The molecule has 10 nitrogen and oxygen atoms in total. The summed E-state index contributed by atoms with van der Waals surface area (Å²) in [6.07, 6.45) is 9.95. The highest BCUT2D eigenvalue weighted by Crippen LogP contribution is 2.29. The van der Waals surface area contributed by atoms with Crippen molar-refractivity contribution >= 4 is 29.4 Å². The first-order chi connectivity index (χ1) is 15.1. The fourth-order valence-corrected chi connectivity index (χ4v) is 3.46. The van der Waals surface area contributed by atoms with E-state index in [1.54, 1.807) is 28.6 Å². The van der Waals surface area contributed by atoms with E-state index in [0.29, 0.717) is 29.7 Å². The number of hydrogen-bond donors (Lipinski definition) is 2. The second-order valence-electron chi connectivity index (χ2n) is 7.79. The van der Waals surface area contributed by atoms with Crippen molar-refractivity contribution in [3.8, 4) is 5.75 Å². The van der Waals surface area contributed by atoms with Crippen molar-refractivity contribution in [3.05, 3.63) is 48.2 Å². The SMILES string of the molecule is COc1cc(Nc2nc3n(n2)C=CN(c2cnn(C)c2)C3)ccc1C(=O)NCC1CC1. The van der Waals surface area contributed by atoms with Crippen LogP contribution >= 0.6 is 0 Å². The molecule has 2 aliphatic rings. The third-order valence-electron chi connectivity index (χ3n) is 5.37. The molecule has 3 heterocycles. The molecule has 0 saturated heterocycles. The van der Waals surface area contributed by atoms with E-state index in [1.807, 2.05) is 37.9 Å². The van der Waals surface area contributed by atoms with E-state index in [1.165, 1.54) is 12.8 Å². The number of nitrogens with one attached hydrogen (secondary N) is 2. The van der Waals surface area contributed by atoms with E-state index < -0.39 is 0 Å². The Labute approximate surface area is 179 Å². The lowest BCUT2D eigenvalue weighted by Crippen LogP contribution is -2.25. The van der Waals surface area contributed by atoms with Gasteiger partial charge in [0.1, 0.15) is 5.75 Å². The summed E-state index contributed by atoms with van der Waals surface area (Å²) >= 11 is 0. The average Bonchev–Trinajstić information content (AvgIpc) is 3.37. The fourth-order valence-electron chi connectivity index (χ4n) is 3.46. The number of anilines is 3. The first-order valence-corrected chi connectivity index (χ1v) is 10.2. The second kappa shape index (κ2) is 7.78. The Morgan fingerprint density at radius 3 is 2.90 bits per heavy atom. The molecule has 0 atom stereocenters. The maximum absolute atomic E-state index is 12.5. The van der Waals surface area contributed by atoms with Gasteiger partial charge >= 0.3 is 0 Å². The summed E-state index contributed by atoms with van der Waals surface area (Å²) in [5, 5.41) is 14.9. The maximum Gasteiger partial charge on any atom is 0.255 e. The van der Waals surface area contributed by atoms with Crippen molar-refractivity contribution in [2.24, 2.45) is 13.0 Å². The molecule has 1 aliphatic carbocycles. The van der Waals surface area contributed by atoms with Crippen molar-refractivity contribution in [2.75, 3.05) is 23.9 Å². The van der Waals surface area contributed by atoms with Crippen LogP contribution in [0.2, 0.25) is 0 Å². The van der Waals surface area contributed by atoms with Gasteiger partial charge in [0.15, 0.2) is 5.82 Å². The maximum atomic E-state index is 12.5. The molecule has 1 fully saturated rings. The number of methoxy groups -OCH3 is 1. The molecule has 160 valence electrons. The van der Waals surface area contributed by atoms with Crippen molar-refractivity contribution in [2.45, 2.75) is 19.4 Å². The minimum Gasteiger partial charge on any atom is -0.496 e. The number of rotatable bonds is 7. The van der Waals surface area contributed by atoms with Gasteiger partial charge in [-0.05, 0) is 30.9 Å². The van der Waals surface area contributed by atoms with Crippen molar-refractivity contribution in [1.29, 1.82) is 0 Å². The summed E-state index contributed by atoms with van der Waals surface area (Å²) in [5.41, 5.74) is 2.25. The van der Waals surface area contributed by atoms with Crippen LogP contribution in [0.3, 0.4) is 0 Å². The molecule has 1 aromatic carbocycles. The number of amides is 1. The first-order valence-electron chi connectivity index (χ1n) is 10.2. The zero-order chi connectivity index (χ0) is 21.4. The number of carbonyl (C=O) groups is 1. The van der Waals surface area contributed by atoms with Gasteiger partial charge in [0.05, 0.1) is 31.1 Å². The van der Waals surface area contributed by atoms with Gasteiger partial charge in [-0.1, -0.05) is 0 Å². The van der Waals surface area contributed by atoms with E-state index in [0.717, 1.165) is 23.7 Å². The van der Waals surface area contributed by atoms with Gasteiger partial charge in [0.2, 0.25) is 5.95 Å². The molecule has 1 aliphatic heterocycles. The van der Waals surface area contributed by atoms with E-state index in [9.17, 15) is 4.79 Å². The molecule has 2 N–H and O–H groups in total. The summed E-state index contributed by atoms with van der Waals surface area (Å²) in [4.78, 5) is 19.1. The molecule has 0 bridgehead atoms. The van der Waals surface area contributed by atoms with Crippen LogP contribution in [0.4, 0.5) is 17.3 Å². The van der Waals surface area contributed by atoms with Crippen molar-refractivity contribution in [1.82, 2.24) is 29.9 Å². The van der Waals surface area contributed by atoms with Gasteiger partial charge in [-0.2, -0.15) is 10.1 Å². The molecule has 10 heteroatoms. The predicted molar refractivity (Wildman–Crippen MR) is 116 cm³/mol. The van der Waals surface area contributed by atoms with Crippen LogP contribution in [-0.4, -0.2) is 44.1 Å². The number of fused-ring (bicyclic) bond motifs is 1. The van der Waals surface area contributed by atoms with Crippen molar-refractivity contribution < 1.29 is 9.53 Å². The summed E-state index contributed by atoms with van der Waals surface area (Å²) in [6, 6.07) is 5.36. The molecular weight excluding hydrogens is 396 g/mol. The van der Waals surface area contributed by atoms with Gasteiger partial charge in [-0.25, -0.2) is 4.68 Å². The van der Waals surface area contributed by atoms with Gasteiger partial charge in [-0.3, -0.25) is 9.48 Å². The van der Waals surface area contributed by atoms with E-state index in [4.69, 9.17) is 4.74 Å². The lowest BCUT2D eigenvalue weighted by molar-refractivity contribution is 0.0949. The highest BCUT2D eigenvalue weighted by Gasteiger charge is 2.23. The molecule has 2 aromatic heterocycles. The number of hydrogen-bond acceptors (Lipinski definition) is 7. The number of aryl methyl sites for hydroxylation is 1. The summed E-state index contributed by atoms with van der Waals surface area (Å²) in [7, 11) is 3.44. The fraction of sp³-hybridized carbons (Fsp3) is 0.333. The summed E-state index contributed by atoms with van der Waals surface area (Å²) in [6.45, 7) is 1.30. The summed E-state index contributed by atoms with van der Waals surface area (Å²) < 4.78 is 8.95. The Hall–Kier alpha value is -3.82. The van der Waals surface area contributed by atoms with Gasteiger partial charge < -0.3 is 20.3 Å². The molecular formula is C21H24N8O2. The number of carbonyl (C=O) groups excluding carboxylic acids is 1. The van der Waals surface area contributed by atoms with Crippen LogP contribution in [-0.2, 0) is 13.6 Å². The third-order valence-corrected chi connectivity index (χ3v) is 5.37. The number of ether oxygens (including phenoxy) is 1. The molecule has 3 aromatic rings. The van der Waals surface area contributed by atoms with E-state index >= 15 is 0 Å². The number of benzene rings is 1. The molecule has 1 saturated carbocycles. The Morgan fingerprint density at radius 1 is 1.29 bits per heavy atom. The van der Waals surface area contributed by atoms with E-state index in [-0.39, 0.29) is 5.91 Å². The Morgan fingerprint density at radius 2 is 2.16 bits per heavy atom. The number of nitrogens with zero attached hydrogens (tertiary/aromatic N) is 6. The zero-order valence-corrected chi connectivity index (χ0v) is 17.4. The molecule has 5 rings (SSSR count). The first kappa shape index (κ1) is 19.2. The van der Waals surface area contributed by atoms with Gasteiger partial charge in [-0.15, -0.1) is 5.10 Å². The average molecular weight is 420 g/mol. The smallest absolute Gasteiger partial charge is 0.255 e. The van der Waals surface area contributed by atoms with Crippen LogP contribution in [0.5, 0.6) is 5.75 Å². The highest BCUT2D eigenvalue weighted by molar-refractivity contribution is 5.97. The molecule has 1 amide bonds. The number of aromatic nitrogens is 5. The van der Waals surface area contributed by atoms with E-state index in [2.05, 4.69) is 30.7 Å². The highest BCUT2D eigenvalue weighted by atomic mass is 16.5. The Kier molecular flexibility index (Phi) is 4.81. The lowest BCUT2D eigenvalue weighted by Gasteiger charge is -2.20. The Bertz CT molecular complexity index is 1140. The molecule has 0 radical (unpaired) electrons. The quantitative estimate of drug-likeness (QED) is 0.605. The van der Waals surface area contributed by atoms with Crippen LogP contribution in [0.25, 0.3) is 6.20 Å². The zero-order valence-electron chi connectivity index (χ0n) is 17.4. The monoisotopic (exact) mass is 420 g/mol. The third kappa shape index (κ3) is 4.09. The minimum absolute atomic E-state index is 0.119. The van der Waals surface area contributed by atoms with Crippen LogP contribution in [0.15, 0.2) is 36.8 Å². The lowest BCUT2D eigenvalue weighted by atomic mass is 10.1. The molecule has 0 unspecified atom stereocenters. The Balaban J connectivity index is 1.29. The normalized spacial score (nSPS) is 15.0. The summed E-state index contributed by atoms with van der Waals surface area (Å²) in [5.74, 6) is 2.28. The van der Waals surface area contributed by atoms with Crippen molar-refractivity contribution in [3.63, 3.8) is 0 Å². The predicted octanol–water partition coefficient (Wildman–Crippen LogP) is 2.35. The largest absolute Gasteiger partial charge is 0.496 e. The molecule has 31 heavy (non-hydrogen) atoms. The minimum atomic E-state index is -0.119. The standard InChI is InChI=1S/C21H24N8O2/c1-27-12-16(11-23-27)28-7-8-29-19(13-28)25-21(26-29)24-15-5-6-17(18(9-15)31-2)20(30)22-10-14-3-4-14/h5-9,11-12,14H,3-4,10,13H2,1-2H3,(H,22,30)(H,24,26). The van der Waals surface area contributed by atoms with Crippen LogP contribution in [0, 0.1) is 5.92 Å². The second-order valence-corrected chi connectivity index (χ2v) is 7.79. The van der Waals surface area contributed by atoms with Crippen LogP contribution in [0.1, 0.15) is 29.0 Å².